The van der Waals surface area contributed by atoms with E-state index >= 15 is 0 Å². The van der Waals surface area contributed by atoms with Crippen molar-refractivity contribution in [3.05, 3.63) is 33.5 Å². The van der Waals surface area contributed by atoms with Gasteiger partial charge in [-0.1, -0.05) is 22.0 Å². The number of carboxylic acid groups (broad SMARTS) is 1. The number of carboxylic acids is 1. The van der Waals surface area contributed by atoms with Gasteiger partial charge >= 0.3 is 13.1 Å². The van der Waals surface area contributed by atoms with Crippen molar-refractivity contribution >= 4 is 29.0 Å². The first-order chi connectivity index (χ1) is 10.5. The Balaban J connectivity index is 2.48. The van der Waals surface area contributed by atoms with E-state index in [4.69, 9.17) is 9.31 Å². The fraction of sp³-hybridized carbons (Fsp3) is 0.562. The number of aryl methyl sites for hydroxylation is 1. The average Bonchev–Trinajstić information content (AvgIpc) is 2.61. The molecule has 1 unspecified atom stereocenters. The lowest BCUT2D eigenvalue weighted by Crippen LogP contribution is -2.41. The molecule has 1 aromatic carbocycles. The van der Waals surface area contributed by atoms with Crippen molar-refractivity contribution in [2.45, 2.75) is 58.1 Å². The van der Waals surface area contributed by atoms with E-state index in [0.717, 1.165) is 5.56 Å². The Morgan fingerprint density at radius 1 is 1.30 bits per heavy atom. The van der Waals surface area contributed by atoms with Gasteiger partial charge in [0.15, 0.2) is 0 Å². The molecule has 0 radical (unpaired) electrons. The molecule has 1 aliphatic heterocycles. The van der Waals surface area contributed by atoms with Crippen LogP contribution in [0.4, 0.5) is 4.39 Å². The first kappa shape index (κ1) is 18.4. The molecule has 1 heterocycles. The van der Waals surface area contributed by atoms with Gasteiger partial charge in [0.1, 0.15) is 5.82 Å². The highest BCUT2D eigenvalue weighted by molar-refractivity contribution is 9.10. The molecule has 2 rings (SSSR count). The minimum Gasteiger partial charge on any atom is -0.481 e. The summed E-state index contributed by atoms with van der Waals surface area (Å²) in [5.74, 6) is -2.25. The third kappa shape index (κ3) is 3.46. The van der Waals surface area contributed by atoms with Crippen molar-refractivity contribution in [3.63, 3.8) is 0 Å². The van der Waals surface area contributed by atoms with Gasteiger partial charge in [-0.05, 0) is 46.2 Å². The van der Waals surface area contributed by atoms with Crippen LogP contribution in [-0.4, -0.2) is 29.4 Å². The minimum absolute atomic E-state index is 0.282. The molecule has 126 valence electrons. The van der Waals surface area contributed by atoms with Crippen molar-refractivity contribution in [2.75, 3.05) is 0 Å². The second-order valence-corrected chi connectivity index (χ2v) is 7.71. The first-order valence-corrected chi connectivity index (χ1v) is 8.27. The maximum Gasteiger partial charge on any atom is 0.466 e. The fourth-order valence-electron chi connectivity index (χ4n) is 2.59. The van der Waals surface area contributed by atoms with Crippen LogP contribution in [0.5, 0.6) is 0 Å². The number of hydrogen-bond donors (Lipinski definition) is 1. The van der Waals surface area contributed by atoms with Gasteiger partial charge in [0.05, 0.1) is 17.6 Å². The van der Waals surface area contributed by atoms with Crippen LogP contribution in [0.3, 0.4) is 0 Å². The molecule has 0 aromatic heterocycles. The SMILES string of the molecule is Cc1ccc(F)c(C(CC(=O)O)B2OC(C)(C)C(C)(C)O2)c1Br. The number of hydrogen-bond acceptors (Lipinski definition) is 3. The molecule has 1 aromatic rings. The normalized spacial score (nSPS) is 20.6. The predicted molar refractivity (Wildman–Crippen MR) is 89.9 cm³/mol. The monoisotopic (exact) mass is 386 g/mol. The van der Waals surface area contributed by atoms with Gasteiger partial charge in [0.25, 0.3) is 0 Å². The molecule has 1 aliphatic rings. The first-order valence-electron chi connectivity index (χ1n) is 7.48. The Morgan fingerprint density at radius 3 is 2.30 bits per heavy atom. The smallest absolute Gasteiger partial charge is 0.466 e. The summed E-state index contributed by atoms with van der Waals surface area (Å²) < 4.78 is 26.9. The molecule has 0 aliphatic carbocycles. The molecule has 0 spiro atoms. The number of benzene rings is 1. The number of carbonyl (C=O) groups is 1. The average molecular weight is 387 g/mol. The zero-order valence-electron chi connectivity index (χ0n) is 13.9. The van der Waals surface area contributed by atoms with Gasteiger partial charge in [-0.2, -0.15) is 0 Å². The van der Waals surface area contributed by atoms with Crippen LogP contribution in [0.1, 0.15) is 51.1 Å². The second kappa shape index (κ2) is 6.18. The van der Waals surface area contributed by atoms with Crippen molar-refractivity contribution in [3.8, 4) is 0 Å². The van der Waals surface area contributed by atoms with Crippen LogP contribution in [0.2, 0.25) is 0 Å². The van der Waals surface area contributed by atoms with E-state index in [-0.39, 0.29) is 12.0 Å². The molecule has 23 heavy (non-hydrogen) atoms. The van der Waals surface area contributed by atoms with E-state index in [1.807, 2.05) is 34.6 Å². The predicted octanol–water partition coefficient (Wildman–Crippen LogP) is 4.09. The molecule has 1 fully saturated rings. The molecule has 7 heteroatoms. The number of aliphatic carboxylic acids is 1. The van der Waals surface area contributed by atoms with Crippen molar-refractivity contribution < 1.29 is 23.6 Å². The lowest BCUT2D eigenvalue weighted by Gasteiger charge is -2.32. The van der Waals surface area contributed by atoms with Crippen LogP contribution in [0.25, 0.3) is 0 Å². The topological polar surface area (TPSA) is 55.8 Å². The summed E-state index contributed by atoms with van der Waals surface area (Å²) in [4.78, 5) is 11.3. The molecular weight excluding hydrogens is 366 g/mol. The lowest BCUT2D eigenvalue weighted by atomic mass is 9.66. The summed E-state index contributed by atoms with van der Waals surface area (Å²) in [7, 11) is -0.830. The Hall–Kier alpha value is -0.915. The molecule has 1 N–H and O–H groups in total. The van der Waals surface area contributed by atoms with Gasteiger partial charge in [-0.3, -0.25) is 4.79 Å². The van der Waals surface area contributed by atoms with E-state index in [1.54, 1.807) is 6.07 Å². The van der Waals surface area contributed by atoms with E-state index < -0.39 is 35.9 Å². The maximum atomic E-state index is 14.4. The van der Waals surface area contributed by atoms with Crippen LogP contribution in [0.15, 0.2) is 16.6 Å². The summed E-state index contributed by atoms with van der Waals surface area (Å²) >= 11 is 3.38. The van der Waals surface area contributed by atoms with Crippen molar-refractivity contribution in [1.29, 1.82) is 0 Å². The molecule has 0 bridgehead atoms. The minimum atomic E-state index is -1.03. The molecule has 0 amide bonds. The molecule has 4 nitrogen and oxygen atoms in total. The zero-order valence-corrected chi connectivity index (χ0v) is 15.5. The van der Waals surface area contributed by atoms with Crippen LogP contribution in [0, 0.1) is 12.7 Å². The van der Waals surface area contributed by atoms with Gasteiger partial charge in [-0.15, -0.1) is 0 Å². The highest BCUT2D eigenvalue weighted by atomic mass is 79.9. The van der Waals surface area contributed by atoms with Crippen molar-refractivity contribution in [1.82, 2.24) is 0 Å². The highest BCUT2D eigenvalue weighted by Gasteiger charge is 2.55. The van der Waals surface area contributed by atoms with Crippen LogP contribution < -0.4 is 0 Å². The Kier molecular flexibility index (Phi) is 4.95. The summed E-state index contributed by atoms with van der Waals surface area (Å²) in [5.41, 5.74) is -0.109. The zero-order chi connectivity index (χ0) is 17.6. The van der Waals surface area contributed by atoms with Gasteiger partial charge in [0, 0.05) is 15.9 Å². The Labute approximate surface area is 144 Å². The molecular formula is C16H21BBrFO4. The quantitative estimate of drug-likeness (QED) is 0.792. The van der Waals surface area contributed by atoms with Crippen LogP contribution in [-0.2, 0) is 14.1 Å². The fourth-order valence-corrected chi connectivity index (χ4v) is 3.21. The van der Waals surface area contributed by atoms with E-state index in [1.165, 1.54) is 6.07 Å². The standard InChI is InChI=1S/C16H21BBrFO4/c1-9-6-7-11(19)13(14(9)18)10(8-12(20)21)17-22-15(2,3)16(4,5)23-17/h6-7,10H,8H2,1-5H3,(H,20,21). The summed E-state index contributed by atoms with van der Waals surface area (Å²) in [6.45, 7) is 9.35. The van der Waals surface area contributed by atoms with Gasteiger partial charge in [0.2, 0.25) is 0 Å². The van der Waals surface area contributed by atoms with E-state index in [9.17, 15) is 14.3 Å². The third-order valence-electron chi connectivity index (χ3n) is 4.68. The van der Waals surface area contributed by atoms with E-state index in [2.05, 4.69) is 15.9 Å². The summed E-state index contributed by atoms with van der Waals surface area (Å²) in [6.07, 6.45) is -0.282. The number of rotatable bonds is 4. The van der Waals surface area contributed by atoms with Gasteiger partial charge < -0.3 is 14.4 Å². The Morgan fingerprint density at radius 2 is 1.83 bits per heavy atom. The third-order valence-corrected chi connectivity index (χ3v) is 5.74. The number of halogens is 2. The summed E-state index contributed by atoms with van der Waals surface area (Å²) in [5, 5.41) is 9.27. The second-order valence-electron chi connectivity index (χ2n) is 6.92. The van der Waals surface area contributed by atoms with Gasteiger partial charge in [-0.25, -0.2) is 4.39 Å². The van der Waals surface area contributed by atoms with Crippen LogP contribution >= 0.6 is 15.9 Å². The largest absolute Gasteiger partial charge is 0.481 e. The highest BCUT2D eigenvalue weighted by Crippen LogP contribution is 2.43. The van der Waals surface area contributed by atoms with Crippen molar-refractivity contribution in [2.24, 2.45) is 0 Å². The Bertz CT molecular complexity index is 617. The van der Waals surface area contributed by atoms with E-state index in [0.29, 0.717) is 4.47 Å². The molecule has 1 atom stereocenters. The maximum absolute atomic E-state index is 14.4. The molecule has 0 saturated carbocycles. The molecule has 1 saturated heterocycles. The lowest BCUT2D eigenvalue weighted by molar-refractivity contribution is -0.137. The summed E-state index contributed by atoms with van der Waals surface area (Å²) in [6, 6.07) is 2.99.